The van der Waals surface area contributed by atoms with E-state index in [0.29, 0.717) is 15.3 Å². The molecule has 1 heterocycles. The van der Waals surface area contributed by atoms with Gasteiger partial charge in [-0.1, -0.05) is 44.0 Å². The molecule has 3 aromatic rings. The summed E-state index contributed by atoms with van der Waals surface area (Å²) in [5, 5.41) is 1.66. The van der Waals surface area contributed by atoms with E-state index >= 15 is 4.39 Å². The molecule has 0 nitrogen and oxygen atoms in total. The van der Waals surface area contributed by atoms with Crippen molar-refractivity contribution >= 4 is 31.5 Å². The predicted molar refractivity (Wildman–Crippen MR) is 89.6 cm³/mol. The summed E-state index contributed by atoms with van der Waals surface area (Å²) in [6.07, 6.45) is 4.46. The average Bonchev–Trinajstić information content (AvgIpc) is 2.90. The molecule has 2 aromatic carbocycles. The van der Waals surface area contributed by atoms with Crippen molar-refractivity contribution in [3.63, 3.8) is 0 Å². The summed E-state index contributed by atoms with van der Waals surface area (Å²) in [6.45, 7) is 2.27. The van der Waals surface area contributed by atoms with Crippen molar-refractivity contribution in [1.29, 1.82) is 0 Å². The van der Waals surface area contributed by atoms with Crippen LogP contribution < -0.4 is 0 Å². The Bertz CT molecular complexity index is 841. The first-order chi connectivity index (χ1) is 10.6. The smallest absolute Gasteiger partial charge is 0.144 e. The van der Waals surface area contributed by atoms with E-state index in [1.165, 1.54) is 30.2 Å². The predicted octanol–water partition coefficient (Wildman–Crippen LogP) is 6.63. The molecule has 0 atom stereocenters. The Labute approximate surface area is 132 Å². The second-order valence-corrected chi connectivity index (χ2v) is 7.54. The fourth-order valence-electron chi connectivity index (χ4n) is 3.70. The van der Waals surface area contributed by atoms with Crippen molar-refractivity contribution in [2.75, 3.05) is 0 Å². The first-order valence-corrected chi connectivity index (χ1v) is 8.76. The third-order valence-corrected chi connectivity index (χ3v) is 6.27. The van der Waals surface area contributed by atoms with Gasteiger partial charge < -0.3 is 0 Å². The Hall–Kier alpha value is -1.48. The van der Waals surface area contributed by atoms with Crippen LogP contribution in [0.2, 0.25) is 0 Å². The molecule has 3 heteroatoms. The van der Waals surface area contributed by atoms with Crippen LogP contribution in [0.25, 0.3) is 20.2 Å². The lowest BCUT2D eigenvalue weighted by atomic mass is 9.79. The van der Waals surface area contributed by atoms with Gasteiger partial charge in [-0.2, -0.15) is 0 Å². The highest BCUT2D eigenvalue weighted by Gasteiger charge is 2.24. The molecule has 22 heavy (non-hydrogen) atoms. The average molecular weight is 316 g/mol. The fraction of sp³-hybridized carbons (Fsp3) is 0.368. The number of fused-ring (bicyclic) bond motifs is 3. The van der Waals surface area contributed by atoms with Gasteiger partial charge in [0.05, 0.1) is 9.40 Å². The van der Waals surface area contributed by atoms with Crippen LogP contribution in [0.4, 0.5) is 8.78 Å². The largest absolute Gasteiger partial charge is 0.205 e. The Morgan fingerprint density at radius 3 is 2.41 bits per heavy atom. The van der Waals surface area contributed by atoms with Gasteiger partial charge in [-0.3, -0.25) is 0 Å². The number of benzene rings is 2. The van der Waals surface area contributed by atoms with Crippen LogP contribution >= 0.6 is 11.3 Å². The van der Waals surface area contributed by atoms with Gasteiger partial charge in [0.25, 0.3) is 0 Å². The minimum atomic E-state index is -0.258. The van der Waals surface area contributed by atoms with Gasteiger partial charge in [0, 0.05) is 10.8 Å². The van der Waals surface area contributed by atoms with Crippen molar-refractivity contribution < 1.29 is 8.78 Å². The molecule has 114 valence electrons. The summed E-state index contributed by atoms with van der Waals surface area (Å²) in [7, 11) is 0. The van der Waals surface area contributed by atoms with Crippen LogP contribution in [-0.2, 0) is 0 Å². The molecule has 1 fully saturated rings. The van der Waals surface area contributed by atoms with Gasteiger partial charge in [0.2, 0.25) is 0 Å². The first-order valence-electron chi connectivity index (χ1n) is 7.94. The topological polar surface area (TPSA) is 0 Å². The molecule has 1 saturated carbocycles. The van der Waals surface area contributed by atoms with E-state index in [0.717, 1.165) is 35.1 Å². The number of hydrogen-bond acceptors (Lipinski definition) is 1. The minimum absolute atomic E-state index is 0.127. The van der Waals surface area contributed by atoms with E-state index in [4.69, 9.17) is 0 Å². The quantitative estimate of drug-likeness (QED) is 0.473. The van der Waals surface area contributed by atoms with E-state index in [1.807, 2.05) is 18.2 Å². The van der Waals surface area contributed by atoms with Gasteiger partial charge in [0.1, 0.15) is 11.6 Å². The summed E-state index contributed by atoms with van der Waals surface area (Å²) in [5.74, 6) is 0.681. The maximum atomic E-state index is 15.0. The van der Waals surface area contributed by atoms with Crippen molar-refractivity contribution in [2.24, 2.45) is 5.92 Å². The van der Waals surface area contributed by atoms with Gasteiger partial charge >= 0.3 is 0 Å². The molecule has 4 rings (SSSR count). The molecule has 0 radical (unpaired) electrons. The van der Waals surface area contributed by atoms with Crippen LogP contribution in [0, 0.1) is 17.6 Å². The second-order valence-electron chi connectivity index (χ2n) is 6.52. The fourth-order valence-corrected chi connectivity index (χ4v) is 4.85. The monoisotopic (exact) mass is 316 g/mol. The van der Waals surface area contributed by atoms with E-state index in [1.54, 1.807) is 6.07 Å². The van der Waals surface area contributed by atoms with E-state index in [-0.39, 0.29) is 11.6 Å². The number of rotatable bonds is 1. The molecule has 0 saturated heterocycles. The van der Waals surface area contributed by atoms with E-state index in [2.05, 4.69) is 6.92 Å². The first kappa shape index (κ1) is 14.1. The van der Waals surface area contributed by atoms with Gasteiger partial charge in [0.15, 0.2) is 0 Å². The zero-order valence-electron chi connectivity index (χ0n) is 12.5. The third-order valence-electron chi connectivity index (χ3n) is 5.04. The third kappa shape index (κ3) is 2.14. The van der Waals surface area contributed by atoms with E-state index in [9.17, 15) is 4.39 Å². The van der Waals surface area contributed by atoms with Gasteiger partial charge in [-0.05, 0) is 36.3 Å². The van der Waals surface area contributed by atoms with Gasteiger partial charge in [-0.25, -0.2) is 8.78 Å². The van der Waals surface area contributed by atoms with Crippen molar-refractivity contribution in [3.8, 4) is 0 Å². The zero-order valence-corrected chi connectivity index (χ0v) is 13.4. The van der Waals surface area contributed by atoms with E-state index < -0.39 is 0 Å². The van der Waals surface area contributed by atoms with Crippen LogP contribution in [-0.4, -0.2) is 0 Å². The van der Waals surface area contributed by atoms with Crippen molar-refractivity contribution in [1.82, 2.24) is 0 Å². The van der Waals surface area contributed by atoms with Crippen LogP contribution in [0.3, 0.4) is 0 Å². The maximum Gasteiger partial charge on any atom is 0.144 e. The molecule has 0 amide bonds. The Morgan fingerprint density at radius 1 is 0.909 bits per heavy atom. The Balaban J connectivity index is 1.87. The summed E-state index contributed by atoms with van der Waals surface area (Å²) < 4.78 is 30.1. The van der Waals surface area contributed by atoms with Crippen LogP contribution in [0.5, 0.6) is 0 Å². The lowest BCUT2D eigenvalue weighted by Gasteiger charge is -2.26. The molecule has 1 aliphatic carbocycles. The number of halogens is 2. The molecular formula is C19H18F2S. The van der Waals surface area contributed by atoms with Crippen molar-refractivity contribution in [2.45, 2.75) is 38.5 Å². The standard InChI is InChI=1S/C19H18F2S/c1-11-5-7-12(8-6-11)13-9-10-15-14-3-2-4-16(20)18(14)22-19(15)17(13)21/h2-4,9-12H,5-8H2,1H3. The van der Waals surface area contributed by atoms with Crippen molar-refractivity contribution in [3.05, 3.63) is 47.5 Å². The minimum Gasteiger partial charge on any atom is -0.205 e. The summed E-state index contributed by atoms with van der Waals surface area (Å²) in [4.78, 5) is 0. The molecule has 0 N–H and O–H groups in total. The summed E-state index contributed by atoms with van der Waals surface area (Å²) in [6, 6.07) is 8.91. The summed E-state index contributed by atoms with van der Waals surface area (Å²) >= 11 is 1.24. The molecular weight excluding hydrogens is 298 g/mol. The molecule has 0 unspecified atom stereocenters. The molecule has 1 aromatic heterocycles. The highest BCUT2D eigenvalue weighted by atomic mass is 32.1. The normalized spacial score (nSPS) is 22.5. The number of hydrogen-bond donors (Lipinski definition) is 0. The Morgan fingerprint density at radius 2 is 1.64 bits per heavy atom. The lowest BCUT2D eigenvalue weighted by Crippen LogP contribution is -2.12. The second kappa shape index (κ2) is 5.31. The summed E-state index contributed by atoms with van der Waals surface area (Å²) in [5.41, 5.74) is 0.825. The SMILES string of the molecule is CC1CCC(c2ccc3c(sc4c(F)cccc43)c2F)CC1. The highest BCUT2D eigenvalue weighted by Crippen LogP contribution is 2.42. The Kier molecular flexibility index (Phi) is 3.41. The molecule has 1 aliphatic rings. The molecule has 0 aliphatic heterocycles. The lowest BCUT2D eigenvalue weighted by molar-refractivity contribution is 0.343. The molecule has 0 bridgehead atoms. The van der Waals surface area contributed by atoms with Crippen LogP contribution in [0.15, 0.2) is 30.3 Å². The maximum absolute atomic E-state index is 15.0. The highest BCUT2D eigenvalue weighted by molar-refractivity contribution is 7.25. The zero-order chi connectivity index (χ0) is 15.3. The van der Waals surface area contributed by atoms with Crippen LogP contribution in [0.1, 0.15) is 44.1 Å². The molecule has 0 spiro atoms. The van der Waals surface area contributed by atoms with Gasteiger partial charge in [-0.15, -0.1) is 11.3 Å². The number of thiophene rings is 1.